The molecule has 0 aromatic carbocycles. The maximum atomic E-state index is 11.5. The van der Waals surface area contributed by atoms with E-state index in [2.05, 4.69) is 50.3 Å². The van der Waals surface area contributed by atoms with Gasteiger partial charge in [-0.1, -0.05) is 13.8 Å². The highest BCUT2D eigenvalue weighted by Gasteiger charge is 2.03. The fraction of sp³-hybridized carbons (Fsp3) is 0.933. The van der Waals surface area contributed by atoms with Crippen molar-refractivity contribution in [3.05, 3.63) is 0 Å². The van der Waals surface area contributed by atoms with Gasteiger partial charge in [-0.2, -0.15) is 0 Å². The molecule has 114 valence electrons. The van der Waals surface area contributed by atoms with E-state index in [-0.39, 0.29) is 5.91 Å². The molecule has 0 saturated heterocycles. The maximum absolute atomic E-state index is 11.5. The third-order valence-corrected chi connectivity index (χ3v) is 3.33. The van der Waals surface area contributed by atoms with Crippen LogP contribution in [0.15, 0.2) is 0 Å². The van der Waals surface area contributed by atoms with Crippen LogP contribution in [0.25, 0.3) is 0 Å². The van der Waals surface area contributed by atoms with Crippen LogP contribution in [-0.2, 0) is 4.79 Å². The van der Waals surface area contributed by atoms with Crippen molar-refractivity contribution in [1.29, 1.82) is 0 Å². The van der Waals surface area contributed by atoms with Gasteiger partial charge >= 0.3 is 0 Å². The minimum atomic E-state index is 0.111. The monoisotopic (exact) mass is 271 g/mol. The lowest BCUT2D eigenvalue weighted by atomic mass is 10.1. The molecule has 0 saturated carbocycles. The van der Waals surface area contributed by atoms with E-state index in [1.165, 1.54) is 6.42 Å². The summed E-state index contributed by atoms with van der Waals surface area (Å²) in [5, 5.41) is 6.12. The summed E-state index contributed by atoms with van der Waals surface area (Å²) in [6, 6.07) is 0.611. The molecule has 0 fully saturated rings. The lowest BCUT2D eigenvalue weighted by Gasteiger charge is -2.20. The van der Waals surface area contributed by atoms with Crippen molar-refractivity contribution in [1.82, 2.24) is 15.5 Å². The Morgan fingerprint density at radius 2 is 1.79 bits per heavy atom. The molecule has 0 aromatic heterocycles. The SMILES string of the molecule is CC(C)CCNC(=O)CNCCCCN(C)C(C)C. The van der Waals surface area contributed by atoms with Gasteiger partial charge in [0, 0.05) is 12.6 Å². The molecule has 0 heterocycles. The van der Waals surface area contributed by atoms with Gasteiger partial charge in [-0.3, -0.25) is 4.79 Å². The number of unbranched alkanes of at least 4 members (excludes halogenated alkanes) is 1. The second kappa shape index (κ2) is 11.2. The Kier molecular flexibility index (Phi) is 10.9. The summed E-state index contributed by atoms with van der Waals surface area (Å²) in [7, 11) is 2.15. The fourth-order valence-corrected chi connectivity index (χ4v) is 1.63. The molecule has 0 radical (unpaired) electrons. The van der Waals surface area contributed by atoms with E-state index >= 15 is 0 Å². The number of rotatable bonds is 11. The van der Waals surface area contributed by atoms with Crippen molar-refractivity contribution in [2.45, 2.75) is 53.0 Å². The molecule has 4 nitrogen and oxygen atoms in total. The third-order valence-electron chi connectivity index (χ3n) is 3.33. The minimum absolute atomic E-state index is 0.111. The summed E-state index contributed by atoms with van der Waals surface area (Å²) >= 11 is 0. The van der Waals surface area contributed by atoms with Crippen LogP contribution >= 0.6 is 0 Å². The summed E-state index contributed by atoms with van der Waals surface area (Å²) in [5.41, 5.74) is 0. The second-order valence-electron chi connectivity index (χ2n) is 5.99. The highest BCUT2D eigenvalue weighted by atomic mass is 16.1. The van der Waals surface area contributed by atoms with Gasteiger partial charge in [-0.05, 0) is 59.2 Å². The van der Waals surface area contributed by atoms with E-state index in [0.717, 1.165) is 32.5 Å². The average Bonchev–Trinajstić information content (AvgIpc) is 2.32. The Hall–Kier alpha value is -0.610. The van der Waals surface area contributed by atoms with E-state index in [9.17, 15) is 4.79 Å². The van der Waals surface area contributed by atoms with Crippen LogP contribution in [0.4, 0.5) is 0 Å². The number of nitrogens with zero attached hydrogens (tertiary/aromatic N) is 1. The first-order valence-electron chi connectivity index (χ1n) is 7.61. The normalized spacial score (nSPS) is 11.6. The summed E-state index contributed by atoms with van der Waals surface area (Å²) in [5.74, 6) is 0.756. The summed E-state index contributed by atoms with van der Waals surface area (Å²) in [6.07, 6.45) is 3.35. The first-order valence-corrected chi connectivity index (χ1v) is 7.61. The zero-order valence-corrected chi connectivity index (χ0v) is 13.5. The topological polar surface area (TPSA) is 44.4 Å². The number of nitrogens with one attached hydrogen (secondary N) is 2. The standard InChI is InChI=1S/C15H33N3O/c1-13(2)8-10-17-15(19)12-16-9-6-7-11-18(5)14(3)4/h13-14,16H,6-12H2,1-5H3,(H,17,19). The molecule has 0 atom stereocenters. The molecule has 0 unspecified atom stereocenters. The molecule has 19 heavy (non-hydrogen) atoms. The molecule has 0 rings (SSSR count). The van der Waals surface area contributed by atoms with E-state index in [1.807, 2.05) is 0 Å². The van der Waals surface area contributed by atoms with Gasteiger partial charge in [-0.25, -0.2) is 0 Å². The first-order chi connectivity index (χ1) is 8.93. The fourth-order valence-electron chi connectivity index (χ4n) is 1.63. The molecule has 0 aliphatic carbocycles. The van der Waals surface area contributed by atoms with Gasteiger partial charge < -0.3 is 15.5 Å². The van der Waals surface area contributed by atoms with Crippen molar-refractivity contribution < 1.29 is 4.79 Å². The van der Waals surface area contributed by atoms with Crippen LogP contribution in [0.2, 0.25) is 0 Å². The Morgan fingerprint density at radius 3 is 2.37 bits per heavy atom. The van der Waals surface area contributed by atoms with E-state index < -0.39 is 0 Å². The largest absolute Gasteiger partial charge is 0.355 e. The van der Waals surface area contributed by atoms with Crippen LogP contribution < -0.4 is 10.6 Å². The van der Waals surface area contributed by atoms with Crippen molar-refractivity contribution in [3.63, 3.8) is 0 Å². The second-order valence-corrected chi connectivity index (χ2v) is 5.99. The average molecular weight is 271 g/mol. The van der Waals surface area contributed by atoms with Crippen LogP contribution in [0.5, 0.6) is 0 Å². The van der Waals surface area contributed by atoms with Crippen molar-refractivity contribution in [2.75, 3.05) is 33.2 Å². The molecular formula is C15H33N3O. The lowest BCUT2D eigenvalue weighted by Crippen LogP contribution is -2.35. The lowest BCUT2D eigenvalue weighted by molar-refractivity contribution is -0.120. The Bertz CT molecular complexity index is 229. The number of hydrogen-bond acceptors (Lipinski definition) is 3. The van der Waals surface area contributed by atoms with Gasteiger partial charge in [-0.15, -0.1) is 0 Å². The highest BCUT2D eigenvalue weighted by molar-refractivity contribution is 5.77. The maximum Gasteiger partial charge on any atom is 0.233 e. The quantitative estimate of drug-likeness (QED) is 0.564. The Balaban J connectivity index is 3.32. The molecular weight excluding hydrogens is 238 g/mol. The molecule has 0 aliphatic rings. The molecule has 1 amide bonds. The Morgan fingerprint density at radius 1 is 1.11 bits per heavy atom. The molecule has 2 N–H and O–H groups in total. The zero-order chi connectivity index (χ0) is 14.7. The summed E-state index contributed by atoms with van der Waals surface area (Å²) in [6.45, 7) is 12.0. The van der Waals surface area contributed by atoms with Crippen LogP contribution in [0.3, 0.4) is 0 Å². The van der Waals surface area contributed by atoms with Crippen LogP contribution in [0, 0.1) is 5.92 Å². The molecule has 4 heteroatoms. The minimum Gasteiger partial charge on any atom is -0.355 e. The predicted molar refractivity (Wildman–Crippen MR) is 82.3 cm³/mol. The molecule has 0 aromatic rings. The Labute approximate surface area is 119 Å². The van der Waals surface area contributed by atoms with E-state index in [0.29, 0.717) is 18.5 Å². The zero-order valence-electron chi connectivity index (χ0n) is 13.5. The first kappa shape index (κ1) is 18.4. The molecule has 0 spiro atoms. The van der Waals surface area contributed by atoms with Gasteiger partial charge in [0.25, 0.3) is 0 Å². The number of carbonyl (C=O) groups excluding carboxylic acids is 1. The van der Waals surface area contributed by atoms with E-state index in [1.54, 1.807) is 0 Å². The van der Waals surface area contributed by atoms with E-state index in [4.69, 9.17) is 0 Å². The molecule has 0 bridgehead atoms. The highest BCUT2D eigenvalue weighted by Crippen LogP contribution is 1.97. The van der Waals surface area contributed by atoms with Gasteiger partial charge in [0.2, 0.25) is 5.91 Å². The number of carbonyl (C=O) groups is 1. The predicted octanol–water partition coefficient (Wildman–Crippen LogP) is 1.86. The van der Waals surface area contributed by atoms with Gasteiger partial charge in [0.15, 0.2) is 0 Å². The van der Waals surface area contributed by atoms with Crippen molar-refractivity contribution in [2.24, 2.45) is 5.92 Å². The molecule has 0 aliphatic heterocycles. The van der Waals surface area contributed by atoms with Crippen molar-refractivity contribution in [3.8, 4) is 0 Å². The van der Waals surface area contributed by atoms with Crippen LogP contribution in [0.1, 0.15) is 47.0 Å². The van der Waals surface area contributed by atoms with Gasteiger partial charge in [0.05, 0.1) is 6.54 Å². The van der Waals surface area contributed by atoms with Crippen LogP contribution in [-0.4, -0.2) is 50.1 Å². The number of amides is 1. The number of hydrogen-bond donors (Lipinski definition) is 2. The summed E-state index contributed by atoms with van der Waals surface area (Å²) < 4.78 is 0. The third kappa shape index (κ3) is 12.2. The van der Waals surface area contributed by atoms with Crippen molar-refractivity contribution >= 4 is 5.91 Å². The van der Waals surface area contributed by atoms with Gasteiger partial charge in [0.1, 0.15) is 0 Å². The smallest absolute Gasteiger partial charge is 0.233 e. The summed E-state index contributed by atoms with van der Waals surface area (Å²) in [4.78, 5) is 13.8.